The van der Waals surface area contributed by atoms with Gasteiger partial charge in [0.2, 0.25) is 5.91 Å². The number of nitrogens with zero attached hydrogens (tertiary/aromatic N) is 2. The van der Waals surface area contributed by atoms with E-state index in [9.17, 15) is 19.8 Å². The number of carbonyl (C=O) groups is 2. The van der Waals surface area contributed by atoms with Gasteiger partial charge in [0.05, 0.1) is 5.56 Å². The van der Waals surface area contributed by atoms with E-state index in [0.717, 1.165) is 38.5 Å². The summed E-state index contributed by atoms with van der Waals surface area (Å²) in [6.07, 6.45) is 8.60. The molecule has 3 rings (SSSR count). The highest BCUT2D eigenvalue weighted by Crippen LogP contribution is 2.44. The first-order valence-corrected chi connectivity index (χ1v) is 11.6. The van der Waals surface area contributed by atoms with Crippen LogP contribution in [0.2, 0.25) is 0 Å². The Bertz CT molecular complexity index is 854. The predicted molar refractivity (Wildman–Crippen MR) is 122 cm³/mol. The van der Waals surface area contributed by atoms with Crippen LogP contribution in [0.5, 0.6) is 11.5 Å². The van der Waals surface area contributed by atoms with E-state index in [1.807, 2.05) is 0 Å². The van der Waals surface area contributed by atoms with Crippen molar-refractivity contribution in [2.45, 2.75) is 71.6 Å². The van der Waals surface area contributed by atoms with Crippen LogP contribution < -0.4 is 0 Å². The van der Waals surface area contributed by atoms with Crippen molar-refractivity contribution < 1.29 is 19.8 Å². The SMILES string of the molecule is CCCCCc1cc(O)c(C2C=C(C)CCC2)c(O)c1C(=O)N1CCN(C(C)=O)CC1. The first kappa shape index (κ1) is 23.2. The number of aromatic hydroxyl groups is 2. The monoisotopic (exact) mass is 428 g/mol. The Labute approximate surface area is 185 Å². The number of rotatable bonds is 6. The summed E-state index contributed by atoms with van der Waals surface area (Å²) in [4.78, 5) is 28.6. The lowest BCUT2D eigenvalue weighted by Gasteiger charge is -2.35. The Morgan fingerprint density at radius 2 is 1.77 bits per heavy atom. The molecule has 1 aliphatic heterocycles. The largest absolute Gasteiger partial charge is 0.507 e. The molecule has 6 heteroatoms. The second kappa shape index (κ2) is 10.2. The molecule has 0 radical (unpaired) electrons. The number of aryl methyl sites for hydroxylation is 1. The minimum Gasteiger partial charge on any atom is -0.507 e. The van der Waals surface area contributed by atoms with E-state index in [2.05, 4.69) is 19.9 Å². The van der Waals surface area contributed by atoms with Gasteiger partial charge in [0, 0.05) is 44.6 Å². The molecule has 1 aliphatic carbocycles. The van der Waals surface area contributed by atoms with E-state index in [0.29, 0.717) is 49.3 Å². The van der Waals surface area contributed by atoms with Crippen LogP contribution in [0.3, 0.4) is 0 Å². The molecule has 6 nitrogen and oxygen atoms in total. The molecular weight excluding hydrogens is 392 g/mol. The maximum absolute atomic E-state index is 13.5. The summed E-state index contributed by atoms with van der Waals surface area (Å²) in [5, 5.41) is 22.1. The highest BCUT2D eigenvalue weighted by molar-refractivity contribution is 5.99. The summed E-state index contributed by atoms with van der Waals surface area (Å²) < 4.78 is 0. The molecule has 1 fully saturated rings. The van der Waals surface area contributed by atoms with Crippen molar-refractivity contribution in [2.24, 2.45) is 0 Å². The van der Waals surface area contributed by atoms with Crippen LogP contribution in [0.4, 0.5) is 0 Å². The Kier molecular flexibility index (Phi) is 7.63. The van der Waals surface area contributed by atoms with Gasteiger partial charge in [-0.25, -0.2) is 0 Å². The van der Waals surface area contributed by atoms with Gasteiger partial charge in [-0.15, -0.1) is 0 Å². The molecule has 0 aromatic heterocycles. The number of phenols is 2. The summed E-state index contributed by atoms with van der Waals surface area (Å²) in [5.41, 5.74) is 2.76. The van der Waals surface area contributed by atoms with E-state index in [1.165, 1.54) is 5.57 Å². The van der Waals surface area contributed by atoms with E-state index in [-0.39, 0.29) is 29.2 Å². The number of carbonyl (C=O) groups excluding carboxylic acids is 2. The topological polar surface area (TPSA) is 81.1 Å². The lowest BCUT2D eigenvalue weighted by Crippen LogP contribution is -2.50. The standard InChI is InChI=1S/C25H36N2O4/c1-4-5-6-9-20-16-21(29)22(19-10-7-8-17(2)15-19)24(30)23(20)25(31)27-13-11-26(12-14-27)18(3)28/h15-16,19,29-30H,4-14H2,1-3H3. The number of phenolic OH excluding ortho intramolecular Hbond substituents is 2. The summed E-state index contributed by atoms with van der Waals surface area (Å²) >= 11 is 0. The molecule has 2 N–H and O–H groups in total. The van der Waals surface area contributed by atoms with E-state index < -0.39 is 0 Å². The first-order chi connectivity index (χ1) is 14.8. The average Bonchev–Trinajstić information content (AvgIpc) is 2.73. The molecule has 31 heavy (non-hydrogen) atoms. The van der Waals surface area contributed by atoms with Crippen LogP contribution >= 0.6 is 0 Å². The Hall–Kier alpha value is -2.50. The lowest BCUT2D eigenvalue weighted by atomic mass is 9.83. The van der Waals surface area contributed by atoms with E-state index in [1.54, 1.807) is 22.8 Å². The Balaban J connectivity index is 1.97. The predicted octanol–water partition coefficient (Wildman–Crippen LogP) is 4.35. The van der Waals surface area contributed by atoms with Crippen LogP contribution in [-0.4, -0.2) is 58.0 Å². The second-order valence-electron chi connectivity index (χ2n) is 8.96. The zero-order chi connectivity index (χ0) is 22.5. The van der Waals surface area contributed by atoms with Crippen molar-refractivity contribution in [3.63, 3.8) is 0 Å². The first-order valence-electron chi connectivity index (χ1n) is 11.6. The number of piperazine rings is 1. The van der Waals surface area contributed by atoms with E-state index in [4.69, 9.17) is 0 Å². The number of allylic oxidation sites excluding steroid dienone is 2. The molecule has 170 valence electrons. The highest BCUT2D eigenvalue weighted by atomic mass is 16.3. The number of benzene rings is 1. The molecule has 1 aromatic rings. The van der Waals surface area contributed by atoms with Gasteiger partial charge in [-0.05, 0) is 50.7 Å². The van der Waals surface area contributed by atoms with Gasteiger partial charge in [-0.1, -0.05) is 31.4 Å². The summed E-state index contributed by atoms with van der Waals surface area (Å²) in [6.45, 7) is 7.64. The highest BCUT2D eigenvalue weighted by Gasteiger charge is 2.31. The number of unbranched alkanes of at least 4 members (excludes halogenated alkanes) is 2. The van der Waals surface area contributed by atoms with Crippen LogP contribution in [0, 0.1) is 0 Å². The lowest BCUT2D eigenvalue weighted by molar-refractivity contribution is -0.130. The molecule has 1 aromatic carbocycles. The maximum Gasteiger partial charge on any atom is 0.258 e. The normalized spacial score (nSPS) is 19.3. The molecule has 2 amide bonds. The molecule has 1 heterocycles. The molecule has 1 unspecified atom stereocenters. The fourth-order valence-electron chi connectivity index (χ4n) is 4.81. The van der Waals surface area contributed by atoms with E-state index >= 15 is 0 Å². The van der Waals surface area contributed by atoms with Crippen molar-refractivity contribution in [1.29, 1.82) is 0 Å². The van der Waals surface area contributed by atoms with Crippen molar-refractivity contribution in [2.75, 3.05) is 26.2 Å². The zero-order valence-corrected chi connectivity index (χ0v) is 19.1. The van der Waals surface area contributed by atoms with Crippen LogP contribution in [0.1, 0.15) is 86.7 Å². The number of hydrogen-bond donors (Lipinski definition) is 2. The fraction of sp³-hybridized carbons (Fsp3) is 0.600. The van der Waals surface area contributed by atoms with Gasteiger partial charge >= 0.3 is 0 Å². The van der Waals surface area contributed by atoms with Gasteiger partial charge in [0.25, 0.3) is 5.91 Å². The van der Waals surface area contributed by atoms with Gasteiger partial charge in [0.1, 0.15) is 11.5 Å². The summed E-state index contributed by atoms with van der Waals surface area (Å²) in [7, 11) is 0. The average molecular weight is 429 g/mol. The molecule has 2 aliphatic rings. The Morgan fingerprint density at radius 3 is 2.39 bits per heavy atom. The van der Waals surface area contributed by atoms with Crippen molar-refractivity contribution in [1.82, 2.24) is 9.80 Å². The fourth-order valence-corrected chi connectivity index (χ4v) is 4.81. The van der Waals surface area contributed by atoms with Crippen molar-refractivity contribution in [3.8, 4) is 11.5 Å². The Morgan fingerprint density at radius 1 is 1.10 bits per heavy atom. The summed E-state index contributed by atoms with van der Waals surface area (Å²) in [6, 6.07) is 1.70. The number of amides is 2. The summed E-state index contributed by atoms with van der Waals surface area (Å²) in [5.74, 6) is -0.259. The van der Waals surface area contributed by atoms with Crippen molar-refractivity contribution >= 4 is 11.8 Å². The third-order valence-electron chi connectivity index (χ3n) is 6.62. The van der Waals surface area contributed by atoms with Gasteiger partial charge < -0.3 is 20.0 Å². The number of hydrogen-bond acceptors (Lipinski definition) is 4. The maximum atomic E-state index is 13.5. The molecule has 1 atom stereocenters. The molecule has 1 saturated heterocycles. The minimum absolute atomic E-state index is 0.0153. The van der Waals surface area contributed by atoms with Crippen molar-refractivity contribution in [3.05, 3.63) is 34.4 Å². The second-order valence-corrected chi connectivity index (χ2v) is 8.96. The molecule has 0 spiro atoms. The molecule has 0 saturated carbocycles. The van der Waals surface area contributed by atoms with Crippen LogP contribution in [0.25, 0.3) is 0 Å². The molecule has 0 bridgehead atoms. The van der Waals surface area contributed by atoms with Gasteiger partial charge in [-0.2, -0.15) is 0 Å². The third-order valence-corrected chi connectivity index (χ3v) is 6.62. The zero-order valence-electron chi connectivity index (χ0n) is 19.1. The quantitative estimate of drug-likeness (QED) is 0.521. The third kappa shape index (κ3) is 5.23. The van der Waals surface area contributed by atoms with Gasteiger partial charge in [-0.3, -0.25) is 9.59 Å². The van der Waals surface area contributed by atoms with Gasteiger partial charge in [0.15, 0.2) is 0 Å². The van der Waals surface area contributed by atoms with Crippen LogP contribution in [-0.2, 0) is 11.2 Å². The minimum atomic E-state index is -0.204. The smallest absolute Gasteiger partial charge is 0.258 e. The van der Waals surface area contributed by atoms with Crippen LogP contribution in [0.15, 0.2) is 17.7 Å². The molecular formula is C25H36N2O4.